The summed E-state index contributed by atoms with van der Waals surface area (Å²) in [6.07, 6.45) is -4.69. The molecule has 10 rings (SSSR count). The molecule has 2 heterocycles. The fraction of sp³-hybridized carbons (Fsp3) is 0.0189. The molecule has 0 fully saturated rings. The number of aromatic nitrogens is 2. The molecule has 0 atom stereocenters. The van der Waals surface area contributed by atoms with Gasteiger partial charge in [0.05, 0.1) is 79.5 Å². The number of alkyl halides is 3. The van der Waals surface area contributed by atoms with Crippen molar-refractivity contribution in [2.75, 3.05) is 0 Å². The molecule has 62 heavy (non-hydrogen) atoms. The molecule has 0 aliphatic rings. The highest BCUT2D eigenvalue weighted by atomic mass is 19.4. The molecule has 0 radical (unpaired) electrons. The van der Waals surface area contributed by atoms with Crippen LogP contribution in [0.25, 0.3) is 88.4 Å². The molecule has 8 aromatic carbocycles. The van der Waals surface area contributed by atoms with Gasteiger partial charge in [-0.3, -0.25) is 0 Å². The molecule has 0 saturated carbocycles. The molecule has 0 saturated heterocycles. The van der Waals surface area contributed by atoms with Gasteiger partial charge in [-0.15, -0.1) is 0 Å². The van der Waals surface area contributed by atoms with Gasteiger partial charge in [-0.25, -0.2) is 0 Å². The number of nitriles is 4. The Bertz CT molecular complexity index is 3690. The minimum Gasteiger partial charge on any atom is -0.309 e. The predicted octanol–water partition coefficient (Wildman–Crippen LogP) is 13.4. The van der Waals surface area contributed by atoms with Gasteiger partial charge in [-0.1, -0.05) is 91.0 Å². The Balaban J connectivity index is 1.32. The molecule has 9 heteroatoms. The number of hydrogen-bond acceptors (Lipinski definition) is 4. The van der Waals surface area contributed by atoms with Crippen molar-refractivity contribution in [3.63, 3.8) is 0 Å². The van der Waals surface area contributed by atoms with Crippen LogP contribution >= 0.6 is 0 Å². The van der Waals surface area contributed by atoms with Crippen LogP contribution in [-0.2, 0) is 6.18 Å². The predicted molar refractivity (Wildman–Crippen MR) is 235 cm³/mol. The number of fused-ring (bicyclic) bond motifs is 6. The highest BCUT2D eigenvalue weighted by Gasteiger charge is 2.32. The number of para-hydroxylation sites is 2. The maximum Gasteiger partial charge on any atom is 0.416 e. The van der Waals surface area contributed by atoms with E-state index in [1.54, 1.807) is 30.3 Å². The lowest BCUT2D eigenvalue weighted by Gasteiger charge is -2.20. The average molecular weight is 805 g/mol. The fourth-order valence-electron chi connectivity index (χ4n) is 8.66. The lowest BCUT2D eigenvalue weighted by atomic mass is 9.94. The molecule has 0 aliphatic carbocycles. The minimum absolute atomic E-state index is 0.187. The van der Waals surface area contributed by atoms with Gasteiger partial charge in [0.25, 0.3) is 0 Å². The van der Waals surface area contributed by atoms with Gasteiger partial charge in [-0.2, -0.15) is 34.2 Å². The van der Waals surface area contributed by atoms with E-state index in [9.17, 15) is 34.2 Å². The molecule has 0 spiro atoms. The van der Waals surface area contributed by atoms with Gasteiger partial charge in [0, 0.05) is 32.7 Å². The van der Waals surface area contributed by atoms with Gasteiger partial charge in [-0.05, 0) is 95.1 Å². The third-order valence-electron chi connectivity index (χ3n) is 11.5. The van der Waals surface area contributed by atoms with Crippen molar-refractivity contribution in [2.45, 2.75) is 6.18 Å². The van der Waals surface area contributed by atoms with Crippen LogP contribution in [0.2, 0.25) is 0 Å². The summed E-state index contributed by atoms with van der Waals surface area (Å²) in [7, 11) is 0. The van der Waals surface area contributed by atoms with E-state index in [-0.39, 0.29) is 16.7 Å². The van der Waals surface area contributed by atoms with Crippen molar-refractivity contribution in [3.8, 4) is 69.0 Å². The number of hydrogen-bond donors (Lipinski definition) is 0. The van der Waals surface area contributed by atoms with Gasteiger partial charge in [0.15, 0.2) is 0 Å². The number of halogens is 3. The van der Waals surface area contributed by atoms with Crippen molar-refractivity contribution in [2.24, 2.45) is 0 Å². The Morgan fingerprint density at radius 1 is 0.371 bits per heavy atom. The Labute approximate surface area is 352 Å². The van der Waals surface area contributed by atoms with Crippen molar-refractivity contribution in [1.82, 2.24) is 9.13 Å². The second-order valence-electron chi connectivity index (χ2n) is 14.9. The van der Waals surface area contributed by atoms with Crippen molar-refractivity contribution in [1.29, 1.82) is 21.0 Å². The van der Waals surface area contributed by atoms with Crippen LogP contribution in [0.3, 0.4) is 0 Å². The van der Waals surface area contributed by atoms with E-state index < -0.39 is 11.7 Å². The Kier molecular flexibility index (Phi) is 8.70. The van der Waals surface area contributed by atoms with Gasteiger partial charge in [0.1, 0.15) is 6.07 Å². The van der Waals surface area contributed by atoms with E-state index in [1.165, 1.54) is 6.07 Å². The third-order valence-corrected chi connectivity index (χ3v) is 11.5. The smallest absolute Gasteiger partial charge is 0.309 e. The van der Waals surface area contributed by atoms with Crippen LogP contribution in [0.4, 0.5) is 13.2 Å². The highest BCUT2D eigenvalue weighted by molar-refractivity contribution is 6.12. The summed E-state index contributed by atoms with van der Waals surface area (Å²) in [5.74, 6) is 0. The maximum absolute atomic E-state index is 14.2. The van der Waals surface area contributed by atoms with Crippen LogP contribution in [0.15, 0.2) is 164 Å². The first-order valence-corrected chi connectivity index (χ1v) is 19.5. The molecule has 0 unspecified atom stereocenters. The molecule has 10 aromatic rings. The topological polar surface area (TPSA) is 105 Å². The van der Waals surface area contributed by atoms with E-state index in [0.717, 1.165) is 78.0 Å². The molecule has 6 nitrogen and oxygen atoms in total. The first-order valence-electron chi connectivity index (χ1n) is 19.5. The molecule has 2 aromatic heterocycles. The highest BCUT2D eigenvalue weighted by Crippen LogP contribution is 2.43. The van der Waals surface area contributed by atoms with Gasteiger partial charge in [0.2, 0.25) is 0 Å². The molecule has 0 aliphatic heterocycles. The first kappa shape index (κ1) is 37.4. The zero-order chi connectivity index (χ0) is 42.7. The molecular weight excluding hydrogens is 778 g/mol. The first-order chi connectivity index (χ1) is 30.2. The minimum atomic E-state index is -4.69. The van der Waals surface area contributed by atoms with Crippen molar-refractivity contribution >= 4 is 43.6 Å². The van der Waals surface area contributed by atoms with Crippen LogP contribution in [0, 0.1) is 45.3 Å². The zero-order valence-corrected chi connectivity index (χ0v) is 32.4. The SMILES string of the molecule is N#Cc1cccc(-c2ccc3c4ccccc4n(-c4cc(-c5ccc(C(F)(F)F)cc5C#N)c(-n5c6ccccc6c6ccc(-c7cccc(C#N)c7)cc65)cc4C#N)c3c2)c1. The van der Waals surface area contributed by atoms with E-state index in [2.05, 4.69) is 18.2 Å². The quantitative estimate of drug-likeness (QED) is 0.173. The fourth-order valence-corrected chi connectivity index (χ4v) is 8.66. The average Bonchev–Trinajstić information content (AvgIpc) is 3.82. The summed E-state index contributed by atoms with van der Waals surface area (Å²) in [6, 6.07) is 57.7. The second kappa shape index (κ2) is 14.4. The summed E-state index contributed by atoms with van der Waals surface area (Å²) in [4.78, 5) is 0. The zero-order valence-electron chi connectivity index (χ0n) is 32.4. The Hall–Kier alpha value is -8.89. The van der Waals surface area contributed by atoms with E-state index in [1.807, 2.05) is 130 Å². The number of benzene rings is 8. The van der Waals surface area contributed by atoms with E-state index >= 15 is 0 Å². The van der Waals surface area contributed by atoms with Crippen molar-refractivity contribution < 1.29 is 13.2 Å². The van der Waals surface area contributed by atoms with Crippen LogP contribution in [0.1, 0.15) is 27.8 Å². The number of rotatable bonds is 5. The molecular formula is C53H27F3N6. The van der Waals surface area contributed by atoms with E-state index in [4.69, 9.17) is 0 Å². The summed E-state index contributed by atoms with van der Waals surface area (Å²) in [5, 5.41) is 44.6. The Morgan fingerprint density at radius 2 is 0.871 bits per heavy atom. The summed E-state index contributed by atoms with van der Waals surface area (Å²) < 4.78 is 46.5. The summed E-state index contributed by atoms with van der Waals surface area (Å²) >= 11 is 0. The van der Waals surface area contributed by atoms with Crippen molar-refractivity contribution in [3.05, 3.63) is 192 Å². The monoisotopic (exact) mass is 804 g/mol. The largest absolute Gasteiger partial charge is 0.416 e. The summed E-state index contributed by atoms with van der Waals surface area (Å²) in [5.41, 5.74) is 8.12. The maximum atomic E-state index is 14.2. The third kappa shape index (κ3) is 6.01. The van der Waals surface area contributed by atoms with Gasteiger partial charge < -0.3 is 9.13 Å². The molecule has 0 N–H and O–H groups in total. The Morgan fingerprint density at radius 3 is 1.39 bits per heavy atom. The van der Waals surface area contributed by atoms with E-state index in [0.29, 0.717) is 28.1 Å². The number of nitrogens with zero attached hydrogens (tertiary/aromatic N) is 6. The summed E-state index contributed by atoms with van der Waals surface area (Å²) in [6.45, 7) is 0. The standard InChI is InChI=1S/C53H27F3N6/c54-53(55,56)40-17-20-41(38(23-40)30-59)46-27-49(61-47-13-3-1-11-42(47)44-18-15-36(24-50(44)61)34-9-5-7-32(21-34)28-57)39(31-60)26-52(46)62-48-14-4-2-12-43(48)45-19-16-37(25-51(45)62)35-10-6-8-33(22-35)29-58/h1-27H. The van der Waals surface area contributed by atoms with Crippen LogP contribution < -0.4 is 0 Å². The molecule has 0 bridgehead atoms. The second-order valence-corrected chi connectivity index (χ2v) is 14.9. The molecule has 290 valence electrons. The lowest BCUT2D eigenvalue weighted by Crippen LogP contribution is -2.07. The lowest BCUT2D eigenvalue weighted by molar-refractivity contribution is -0.137. The normalized spacial score (nSPS) is 11.4. The molecule has 0 amide bonds. The van der Waals surface area contributed by atoms with Crippen LogP contribution in [0.5, 0.6) is 0 Å². The van der Waals surface area contributed by atoms with Gasteiger partial charge >= 0.3 is 6.18 Å². The van der Waals surface area contributed by atoms with Crippen LogP contribution in [-0.4, -0.2) is 9.13 Å².